The highest BCUT2D eigenvalue weighted by Gasteiger charge is 2.30. The number of rotatable bonds is 12. The smallest absolute Gasteiger partial charge is 0.242 e. The van der Waals surface area contributed by atoms with Crippen LogP contribution in [0.5, 0.6) is 0 Å². The van der Waals surface area contributed by atoms with Gasteiger partial charge < -0.3 is 10.2 Å². The van der Waals surface area contributed by atoms with Gasteiger partial charge in [-0.1, -0.05) is 77.3 Å². The lowest BCUT2D eigenvalue weighted by molar-refractivity contribution is -0.141. The summed E-state index contributed by atoms with van der Waals surface area (Å²) in [5, 5.41) is 3.74. The molecule has 1 atom stereocenters. The standard InChI is InChI=1S/C28H30Cl3N3O4S/c1-32-28(36)26(17-20-8-4-3-5-9-20)33(19-21-10-6-11-22(29)16-21)27(35)12-7-15-34(39(2,37)38)25-18-23(30)13-14-24(25)31/h3-6,8-11,13-14,16,18,26H,7,12,15,17,19H2,1-2H3,(H,32,36). The van der Waals surface area contributed by atoms with E-state index in [4.69, 9.17) is 34.8 Å². The number of nitrogens with one attached hydrogen (secondary N) is 1. The molecule has 0 aliphatic rings. The molecule has 3 aromatic carbocycles. The van der Waals surface area contributed by atoms with Gasteiger partial charge in [-0.3, -0.25) is 13.9 Å². The zero-order chi connectivity index (χ0) is 28.6. The largest absolute Gasteiger partial charge is 0.357 e. The normalized spacial score (nSPS) is 12.0. The van der Waals surface area contributed by atoms with Crippen LogP contribution in [0.3, 0.4) is 0 Å². The van der Waals surface area contributed by atoms with Gasteiger partial charge in [-0.25, -0.2) is 8.42 Å². The molecular formula is C28H30Cl3N3O4S. The van der Waals surface area contributed by atoms with Crippen LogP contribution in [0.15, 0.2) is 72.8 Å². The lowest BCUT2D eigenvalue weighted by atomic mass is 10.0. The minimum atomic E-state index is -3.72. The molecule has 0 spiro atoms. The summed E-state index contributed by atoms with van der Waals surface area (Å²) < 4.78 is 26.3. The van der Waals surface area contributed by atoms with E-state index in [2.05, 4.69) is 5.32 Å². The van der Waals surface area contributed by atoms with E-state index in [1.807, 2.05) is 36.4 Å². The fourth-order valence-electron chi connectivity index (χ4n) is 4.21. The Morgan fingerprint density at radius 1 is 0.897 bits per heavy atom. The topological polar surface area (TPSA) is 86.8 Å². The number of benzene rings is 3. The van der Waals surface area contributed by atoms with E-state index in [9.17, 15) is 18.0 Å². The predicted octanol–water partition coefficient (Wildman–Crippen LogP) is 5.58. The zero-order valence-electron chi connectivity index (χ0n) is 21.6. The zero-order valence-corrected chi connectivity index (χ0v) is 24.7. The SMILES string of the molecule is CNC(=O)C(Cc1ccccc1)N(Cc1cccc(Cl)c1)C(=O)CCCN(c1cc(Cl)ccc1Cl)S(C)(=O)=O. The van der Waals surface area contributed by atoms with Crippen LogP contribution in [0.1, 0.15) is 24.0 Å². The summed E-state index contributed by atoms with van der Waals surface area (Å²) in [6.07, 6.45) is 1.55. The quantitative estimate of drug-likeness (QED) is 0.290. The van der Waals surface area contributed by atoms with Gasteiger partial charge in [0, 0.05) is 43.0 Å². The summed E-state index contributed by atoms with van der Waals surface area (Å²) in [7, 11) is -2.19. The molecule has 0 aliphatic carbocycles. The van der Waals surface area contributed by atoms with Gasteiger partial charge in [-0.2, -0.15) is 0 Å². The Kier molecular flexibility index (Phi) is 11.1. The van der Waals surface area contributed by atoms with Gasteiger partial charge in [0.15, 0.2) is 0 Å². The van der Waals surface area contributed by atoms with Crippen LogP contribution in [0.4, 0.5) is 5.69 Å². The van der Waals surface area contributed by atoms with Crippen molar-refractivity contribution in [3.8, 4) is 0 Å². The van der Waals surface area contributed by atoms with Crippen LogP contribution in [0.25, 0.3) is 0 Å². The van der Waals surface area contributed by atoms with Gasteiger partial charge in [-0.15, -0.1) is 0 Å². The average molecular weight is 611 g/mol. The Labute approximate surface area is 244 Å². The van der Waals surface area contributed by atoms with Crippen LogP contribution in [-0.4, -0.2) is 51.0 Å². The molecule has 1 N–H and O–H groups in total. The Morgan fingerprint density at radius 2 is 1.56 bits per heavy atom. The Hall–Kier alpha value is -2.78. The molecule has 0 radical (unpaired) electrons. The van der Waals surface area contributed by atoms with Crippen LogP contribution >= 0.6 is 34.8 Å². The highest BCUT2D eigenvalue weighted by molar-refractivity contribution is 7.92. The van der Waals surface area contributed by atoms with Crippen molar-refractivity contribution in [3.05, 3.63) is 99.0 Å². The van der Waals surface area contributed by atoms with Crippen molar-refractivity contribution < 1.29 is 18.0 Å². The van der Waals surface area contributed by atoms with Crippen molar-refractivity contribution >= 4 is 62.3 Å². The molecule has 0 saturated carbocycles. The van der Waals surface area contributed by atoms with Crippen molar-refractivity contribution in [3.63, 3.8) is 0 Å². The van der Waals surface area contributed by atoms with Crippen molar-refractivity contribution in [1.82, 2.24) is 10.2 Å². The molecule has 39 heavy (non-hydrogen) atoms. The molecular weight excluding hydrogens is 581 g/mol. The van der Waals surface area contributed by atoms with E-state index in [0.717, 1.165) is 21.7 Å². The number of halogens is 3. The molecule has 7 nitrogen and oxygen atoms in total. The summed E-state index contributed by atoms with van der Waals surface area (Å²) >= 11 is 18.5. The van der Waals surface area contributed by atoms with Gasteiger partial charge in [0.2, 0.25) is 21.8 Å². The summed E-state index contributed by atoms with van der Waals surface area (Å²) in [5.41, 5.74) is 1.90. The van der Waals surface area contributed by atoms with Crippen LogP contribution in [-0.2, 0) is 32.6 Å². The molecule has 1 unspecified atom stereocenters. The number of amides is 2. The number of nitrogens with zero attached hydrogens (tertiary/aromatic N) is 2. The first-order valence-electron chi connectivity index (χ1n) is 12.2. The van der Waals surface area contributed by atoms with E-state index in [1.54, 1.807) is 24.3 Å². The molecule has 0 heterocycles. The van der Waals surface area contributed by atoms with E-state index in [-0.39, 0.29) is 48.5 Å². The Balaban J connectivity index is 1.86. The van der Waals surface area contributed by atoms with Crippen LogP contribution in [0, 0.1) is 0 Å². The molecule has 0 saturated heterocycles. The minimum Gasteiger partial charge on any atom is -0.357 e. The van der Waals surface area contributed by atoms with Gasteiger partial charge >= 0.3 is 0 Å². The summed E-state index contributed by atoms with van der Waals surface area (Å²) in [5.74, 6) is -0.608. The molecule has 208 valence electrons. The molecule has 3 rings (SSSR count). The minimum absolute atomic E-state index is 0.00102. The third-order valence-corrected chi connectivity index (χ3v) is 8.06. The van der Waals surface area contributed by atoms with Crippen molar-refractivity contribution in [2.45, 2.75) is 31.8 Å². The maximum atomic E-state index is 13.7. The average Bonchev–Trinajstić information content (AvgIpc) is 2.89. The molecule has 0 bridgehead atoms. The lowest BCUT2D eigenvalue weighted by Crippen LogP contribution is -2.49. The van der Waals surface area contributed by atoms with E-state index >= 15 is 0 Å². The maximum Gasteiger partial charge on any atom is 0.242 e. The van der Waals surface area contributed by atoms with Gasteiger partial charge in [-0.05, 0) is 47.9 Å². The number of carbonyl (C=O) groups is 2. The molecule has 0 aromatic heterocycles. The highest BCUT2D eigenvalue weighted by Crippen LogP contribution is 2.31. The van der Waals surface area contributed by atoms with Crippen LogP contribution in [0.2, 0.25) is 15.1 Å². The number of carbonyl (C=O) groups excluding carboxylic acids is 2. The first-order chi connectivity index (χ1) is 18.5. The lowest BCUT2D eigenvalue weighted by Gasteiger charge is -2.31. The number of anilines is 1. The third-order valence-electron chi connectivity index (χ3n) is 6.09. The maximum absolute atomic E-state index is 13.7. The fourth-order valence-corrected chi connectivity index (χ4v) is 5.83. The summed E-state index contributed by atoms with van der Waals surface area (Å²) in [4.78, 5) is 28.2. The van der Waals surface area contributed by atoms with E-state index in [1.165, 1.54) is 24.1 Å². The second-order valence-corrected chi connectivity index (χ2v) is 12.2. The monoisotopic (exact) mass is 609 g/mol. The second kappa shape index (κ2) is 14.0. The van der Waals surface area contributed by atoms with E-state index in [0.29, 0.717) is 16.5 Å². The van der Waals surface area contributed by atoms with Crippen molar-refractivity contribution in [1.29, 1.82) is 0 Å². The van der Waals surface area contributed by atoms with E-state index < -0.39 is 16.1 Å². The molecule has 2 amide bonds. The molecule has 0 aliphatic heterocycles. The number of hydrogen-bond acceptors (Lipinski definition) is 4. The Bertz CT molecular complexity index is 1400. The van der Waals surface area contributed by atoms with Crippen molar-refractivity contribution in [2.75, 3.05) is 24.2 Å². The molecule has 0 fully saturated rings. The van der Waals surface area contributed by atoms with Crippen LogP contribution < -0.4 is 9.62 Å². The number of sulfonamides is 1. The van der Waals surface area contributed by atoms with Gasteiger partial charge in [0.25, 0.3) is 0 Å². The first kappa shape index (κ1) is 30.8. The predicted molar refractivity (Wildman–Crippen MR) is 158 cm³/mol. The van der Waals surface area contributed by atoms with Crippen molar-refractivity contribution in [2.24, 2.45) is 0 Å². The third kappa shape index (κ3) is 8.86. The molecule has 3 aromatic rings. The number of hydrogen-bond donors (Lipinski definition) is 1. The molecule has 11 heteroatoms. The number of likely N-dealkylation sites (N-methyl/N-ethyl adjacent to an activating group) is 1. The highest BCUT2D eigenvalue weighted by atomic mass is 35.5. The van der Waals surface area contributed by atoms with Gasteiger partial charge in [0.1, 0.15) is 6.04 Å². The summed E-state index contributed by atoms with van der Waals surface area (Å²) in [6.45, 7) is 0.152. The first-order valence-corrected chi connectivity index (χ1v) is 15.2. The Morgan fingerprint density at radius 3 is 2.21 bits per heavy atom. The summed E-state index contributed by atoms with van der Waals surface area (Å²) in [6, 6.07) is 20.3. The second-order valence-electron chi connectivity index (χ2n) is 9.01. The van der Waals surface area contributed by atoms with Gasteiger partial charge in [0.05, 0.1) is 17.0 Å². The fraction of sp³-hybridized carbons (Fsp3) is 0.286.